The van der Waals surface area contributed by atoms with Gasteiger partial charge >= 0.3 is 0 Å². The highest BCUT2D eigenvalue weighted by molar-refractivity contribution is 5.96. The maximum absolute atomic E-state index is 12.2. The molecule has 1 atom stereocenters. The minimum absolute atomic E-state index is 0.0347. The smallest absolute Gasteiger partial charge is 0.253 e. The Hall–Kier alpha value is -1.75. The number of carbonyl (C=O) groups is 1. The van der Waals surface area contributed by atoms with E-state index in [0.29, 0.717) is 5.56 Å². The Balaban J connectivity index is 2.20. The number of hydrogen-bond acceptors (Lipinski definition) is 4. The molecule has 1 aliphatic heterocycles. The van der Waals surface area contributed by atoms with Crippen LogP contribution in [0.4, 0.5) is 11.4 Å². The topological polar surface area (TPSA) is 64.6 Å². The van der Waals surface area contributed by atoms with Crippen LogP contribution < -0.4 is 10.6 Å². The zero-order valence-corrected chi connectivity index (χ0v) is 10.7. The average Bonchev–Trinajstić information content (AvgIpc) is 2.44. The number of aliphatic hydroxyl groups is 1. The summed E-state index contributed by atoms with van der Waals surface area (Å²) in [6, 6.07) is 5.39. The molecule has 5 nitrogen and oxygen atoms in total. The zero-order valence-electron chi connectivity index (χ0n) is 10.7. The Morgan fingerprint density at radius 3 is 2.72 bits per heavy atom. The van der Waals surface area contributed by atoms with Crippen LogP contribution in [0.2, 0.25) is 0 Å². The summed E-state index contributed by atoms with van der Waals surface area (Å²) in [6.07, 6.45) is 0. The van der Waals surface area contributed by atoms with Crippen molar-refractivity contribution in [1.82, 2.24) is 4.90 Å². The molecule has 18 heavy (non-hydrogen) atoms. The van der Waals surface area contributed by atoms with Gasteiger partial charge in [-0.25, -0.2) is 0 Å². The number of hydrogen-bond donors (Lipinski definition) is 3. The molecule has 3 N–H and O–H groups in total. The van der Waals surface area contributed by atoms with E-state index in [1.165, 1.54) is 0 Å². The first kappa shape index (κ1) is 12.7. The van der Waals surface area contributed by atoms with Gasteiger partial charge in [-0.1, -0.05) is 0 Å². The first-order chi connectivity index (χ1) is 8.63. The number of anilines is 2. The van der Waals surface area contributed by atoms with Crippen molar-refractivity contribution in [2.24, 2.45) is 0 Å². The third kappa shape index (κ3) is 2.41. The summed E-state index contributed by atoms with van der Waals surface area (Å²) in [5, 5.41) is 15.6. The molecule has 1 amide bonds. The lowest BCUT2D eigenvalue weighted by Crippen LogP contribution is -2.37. The quantitative estimate of drug-likeness (QED) is 0.747. The number of aliphatic hydroxyl groups excluding tert-OH is 1. The van der Waals surface area contributed by atoms with Crippen molar-refractivity contribution in [1.29, 1.82) is 0 Å². The van der Waals surface area contributed by atoms with Gasteiger partial charge in [0.05, 0.1) is 24.0 Å². The molecule has 1 heterocycles. The van der Waals surface area contributed by atoms with E-state index in [0.717, 1.165) is 24.5 Å². The minimum Gasteiger partial charge on any atom is -0.394 e. The van der Waals surface area contributed by atoms with Crippen LogP contribution in [-0.4, -0.2) is 48.7 Å². The molecule has 0 bridgehead atoms. The Labute approximate surface area is 107 Å². The van der Waals surface area contributed by atoms with E-state index in [9.17, 15) is 4.79 Å². The maximum Gasteiger partial charge on any atom is 0.253 e. The normalized spacial score (nSPS) is 15.1. The number of carbonyl (C=O) groups excluding carboxylic acids is 1. The summed E-state index contributed by atoms with van der Waals surface area (Å²) >= 11 is 0. The highest BCUT2D eigenvalue weighted by Crippen LogP contribution is 2.25. The SMILES string of the molecule is CC(CO)N(C)C(=O)c1ccc2c(c1)NCCN2. The molecule has 0 aromatic heterocycles. The zero-order chi connectivity index (χ0) is 13.1. The summed E-state index contributed by atoms with van der Waals surface area (Å²) in [4.78, 5) is 13.8. The standard InChI is InChI=1S/C13H19N3O2/c1-9(8-17)16(2)13(18)10-3-4-11-12(7-10)15-6-5-14-11/h3-4,7,9,14-15,17H,5-6,8H2,1-2H3. The van der Waals surface area contributed by atoms with Gasteiger partial charge in [0.25, 0.3) is 5.91 Å². The van der Waals surface area contributed by atoms with Gasteiger partial charge in [-0.15, -0.1) is 0 Å². The van der Waals surface area contributed by atoms with E-state index in [4.69, 9.17) is 5.11 Å². The lowest BCUT2D eigenvalue weighted by atomic mass is 10.1. The number of amides is 1. The second kappa shape index (κ2) is 5.27. The average molecular weight is 249 g/mol. The minimum atomic E-state index is -0.181. The van der Waals surface area contributed by atoms with Crippen LogP contribution in [-0.2, 0) is 0 Å². The Morgan fingerprint density at radius 1 is 1.39 bits per heavy atom. The van der Waals surface area contributed by atoms with E-state index in [1.54, 1.807) is 11.9 Å². The van der Waals surface area contributed by atoms with Crippen LogP contribution in [0.15, 0.2) is 18.2 Å². The number of benzene rings is 1. The highest BCUT2D eigenvalue weighted by atomic mass is 16.3. The lowest BCUT2D eigenvalue weighted by Gasteiger charge is -2.25. The van der Waals surface area contributed by atoms with E-state index in [1.807, 2.05) is 25.1 Å². The van der Waals surface area contributed by atoms with Gasteiger partial charge in [-0.3, -0.25) is 4.79 Å². The molecule has 5 heteroatoms. The van der Waals surface area contributed by atoms with E-state index < -0.39 is 0 Å². The largest absolute Gasteiger partial charge is 0.394 e. The summed E-state index contributed by atoms with van der Waals surface area (Å²) in [5.41, 5.74) is 2.61. The van der Waals surface area contributed by atoms with E-state index >= 15 is 0 Å². The predicted octanol–water partition coefficient (Wildman–Crippen LogP) is 0.977. The molecule has 1 aromatic rings. The van der Waals surface area contributed by atoms with Gasteiger partial charge in [-0.05, 0) is 25.1 Å². The van der Waals surface area contributed by atoms with Gasteiger partial charge in [0.1, 0.15) is 0 Å². The fourth-order valence-corrected chi connectivity index (χ4v) is 1.90. The van der Waals surface area contributed by atoms with Crippen LogP contribution >= 0.6 is 0 Å². The molecule has 0 spiro atoms. The van der Waals surface area contributed by atoms with Crippen molar-refractivity contribution in [3.8, 4) is 0 Å². The second-order valence-corrected chi connectivity index (χ2v) is 4.56. The van der Waals surface area contributed by atoms with E-state index in [2.05, 4.69) is 10.6 Å². The molecular weight excluding hydrogens is 230 g/mol. The predicted molar refractivity (Wildman–Crippen MR) is 72.1 cm³/mol. The molecule has 1 aliphatic rings. The number of rotatable bonds is 3. The van der Waals surface area contributed by atoms with Crippen LogP contribution in [0.5, 0.6) is 0 Å². The summed E-state index contributed by atoms with van der Waals surface area (Å²) in [5.74, 6) is -0.0771. The first-order valence-corrected chi connectivity index (χ1v) is 6.13. The Morgan fingerprint density at radius 2 is 2.06 bits per heavy atom. The maximum atomic E-state index is 12.2. The molecule has 0 radical (unpaired) electrons. The molecule has 2 rings (SSSR count). The third-order valence-electron chi connectivity index (χ3n) is 3.27. The molecule has 0 saturated carbocycles. The molecule has 98 valence electrons. The third-order valence-corrected chi connectivity index (χ3v) is 3.27. The van der Waals surface area contributed by atoms with Gasteiger partial charge in [0.15, 0.2) is 0 Å². The van der Waals surface area contributed by atoms with Gasteiger partial charge in [-0.2, -0.15) is 0 Å². The molecule has 1 unspecified atom stereocenters. The van der Waals surface area contributed by atoms with Crippen molar-refractivity contribution in [3.05, 3.63) is 23.8 Å². The van der Waals surface area contributed by atoms with Gasteiger partial charge in [0.2, 0.25) is 0 Å². The second-order valence-electron chi connectivity index (χ2n) is 4.56. The Kier molecular flexibility index (Phi) is 3.72. The summed E-state index contributed by atoms with van der Waals surface area (Å²) in [7, 11) is 1.70. The number of nitrogens with zero attached hydrogens (tertiary/aromatic N) is 1. The number of fused-ring (bicyclic) bond motifs is 1. The first-order valence-electron chi connectivity index (χ1n) is 6.13. The lowest BCUT2D eigenvalue weighted by molar-refractivity contribution is 0.0682. The monoisotopic (exact) mass is 249 g/mol. The van der Waals surface area contributed by atoms with Gasteiger partial charge < -0.3 is 20.6 Å². The Bertz CT molecular complexity index is 448. The number of nitrogens with one attached hydrogen (secondary N) is 2. The van der Waals surface area contributed by atoms with Crippen molar-refractivity contribution in [3.63, 3.8) is 0 Å². The van der Waals surface area contributed by atoms with Crippen LogP contribution in [0.3, 0.4) is 0 Å². The van der Waals surface area contributed by atoms with Crippen LogP contribution in [0.25, 0.3) is 0 Å². The summed E-state index contributed by atoms with van der Waals surface area (Å²) < 4.78 is 0. The summed E-state index contributed by atoms with van der Waals surface area (Å²) in [6.45, 7) is 3.53. The van der Waals surface area contributed by atoms with E-state index in [-0.39, 0.29) is 18.6 Å². The molecule has 0 saturated heterocycles. The fraction of sp³-hybridized carbons (Fsp3) is 0.462. The van der Waals surface area contributed by atoms with Crippen molar-refractivity contribution in [2.45, 2.75) is 13.0 Å². The van der Waals surface area contributed by atoms with Crippen LogP contribution in [0.1, 0.15) is 17.3 Å². The van der Waals surface area contributed by atoms with Crippen molar-refractivity contribution in [2.75, 3.05) is 37.4 Å². The fourth-order valence-electron chi connectivity index (χ4n) is 1.90. The molecular formula is C13H19N3O2. The molecule has 1 aromatic carbocycles. The highest BCUT2D eigenvalue weighted by Gasteiger charge is 2.18. The molecule has 0 fully saturated rings. The molecule has 0 aliphatic carbocycles. The van der Waals surface area contributed by atoms with Gasteiger partial charge in [0, 0.05) is 25.7 Å². The van der Waals surface area contributed by atoms with Crippen LogP contribution in [0, 0.1) is 0 Å². The number of likely N-dealkylation sites (N-methyl/N-ethyl adjacent to an activating group) is 1. The van der Waals surface area contributed by atoms with Crippen molar-refractivity contribution < 1.29 is 9.90 Å². The van der Waals surface area contributed by atoms with Crippen molar-refractivity contribution >= 4 is 17.3 Å².